The molecule has 2 aromatic carbocycles. The highest BCUT2D eigenvalue weighted by Crippen LogP contribution is 2.22. The summed E-state index contributed by atoms with van der Waals surface area (Å²) >= 11 is 1.72. The van der Waals surface area contributed by atoms with Gasteiger partial charge in [-0.05, 0) is 43.0 Å². The summed E-state index contributed by atoms with van der Waals surface area (Å²) in [4.78, 5) is 11.5. The van der Waals surface area contributed by atoms with Crippen molar-refractivity contribution in [2.45, 2.75) is 17.4 Å². The third-order valence-corrected chi connectivity index (χ3v) is 4.20. The fourth-order valence-electron chi connectivity index (χ4n) is 2.21. The third-order valence-electron chi connectivity index (χ3n) is 3.45. The molecule has 0 fully saturated rings. The van der Waals surface area contributed by atoms with Crippen LogP contribution in [0.1, 0.15) is 17.2 Å². The fourth-order valence-corrected chi connectivity index (χ4v) is 2.62. The molecular weight excluding hydrogens is 284 g/mol. The van der Waals surface area contributed by atoms with Crippen LogP contribution in [0.5, 0.6) is 0 Å². The van der Waals surface area contributed by atoms with E-state index in [1.165, 1.54) is 10.5 Å². The second-order valence-corrected chi connectivity index (χ2v) is 5.62. The molecule has 110 valence electrons. The van der Waals surface area contributed by atoms with Gasteiger partial charge in [0, 0.05) is 23.1 Å². The molecule has 0 amide bonds. The summed E-state index contributed by atoms with van der Waals surface area (Å²) in [7, 11) is 1.93. The van der Waals surface area contributed by atoms with Crippen molar-refractivity contribution in [3.8, 4) is 0 Å². The SMILES string of the molecule is CNC(Cc1ccc([N+](=O)[O-])cc1)c1ccc(SC)cc1. The van der Waals surface area contributed by atoms with Crippen LogP contribution in [0.3, 0.4) is 0 Å². The van der Waals surface area contributed by atoms with E-state index in [9.17, 15) is 10.1 Å². The van der Waals surface area contributed by atoms with Crippen LogP contribution in [0.15, 0.2) is 53.4 Å². The van der Waals surface area contributed by atoms with Gasteiger partial charge >= 0.3 is 0 Å². The van der Waals surface area contributed by atoms with Gasteiger partial charge in [0.2, 0.25) is 0 Å². The smallest absolute Gasteiger partial charge is 0.269 e. The molecular formula is C16H18N2O2S. The number of thioether (sulfide) groups is 1. The average molecular weight is 302 g/mol. The van der Waals surface area contributed by atoms with Gasteiger partial charge in [-0.3, -0.25) is 10.1 Å². The second kappa shape index (κ2) is 7.24. The molecule has 0 aromatic heterocycles. The monoisotopic (exact) mass is 302 g/mol. The molecule has 4 nitrogen and oxygen atoms in total. The van der Waals surface area contributed by atoms with E-state index in [1.807, 2.05) is 19.2 Å². The predicted molar refractivity (Wildman–Crippen MR) is 86.8 cm³/mol. The zero-order chi connectivity index (χ0) is 15.2. The minimum atomic E-state index is -0.375. The topological polar surface area (TPSA) is 55.2 Å². The van der Waals surface area contributed by atoms with Gasteiger partial charge in [-0.15, -0.1) is 11.8 Å². The molecule has 0 aliphatic heterocycles. The number of nitrogens with one attached hydrogen (secondary N) is 1. The van der Waals surface area contributed by atoms with Crippen molar-refractivity contribution in [2.75, 3.05) is 13.3 Å². The molecule has 0 aliphatic rings. The summed E-state index contributed by atoms with van der Waals surface area (Å²) in [6.07, 6.45) is 2.86. The molecule has 0 heterocycles. The first-order valence-electron chi connectivity index (χ1n) is 6.68. The van der Waals surface area contributed by atoms with E-state index < -0.39 is 0 Å². The van der Waals surface area contributed by atoms with Crippen LogP contribution in [-0.2, 0) is 6.42 Å². The van der Waals surface area contributed by atoms with Gasteiger partial charge in [0.1, 0.15) is 0 Å². The van der Waals surface area contributed by atoms with Crippen LogP contribution in [-0.4, -0.2) is 18.2 Å². The van der Waals surface area contributed by atoms with Crippen LogP contribution in [0, 0.1) is 10.1 Å². The van der Waals surface area contributed by atoms with Gasteiger partial charge in [-0.2, -0.15) is 0 Å². The first-order chi connectivity index (χ1) is 10.1. The van der Waals surface area contributed by atoms with Gasteiger partial charge in [0.25, 0.3) is 5.69 Å². The number of nitro benzene ring substituents is 1. The van der Waals surface area contributed by atoms with Crippen LogP contribution in [0.25, 0.3) is 0 Å². The van der Waals surface area contributed by atoms with E-state index in [4.69, 9.17) is 0 Å². The summed E-state index contributed by atoms with van der Waals surface area (Å²) in [5.41, 5.74) is 2.42. The number of benzene rings is 2. The minimum Gasteiger partial charge on any atom is -0.313 e. The van der Waals surface area contributed by atoms with Crippen LogP contribution in [0.4, 0.5) is 5.69 Å². The maximum absolute atomic E-state index is 10.7. The van der Waals surface area contributed by atoms with Gasteiger partial charge in [-0.1, -0.05) is 24.3 Å². The lowest BCUT2D eigenvalue weighted by molar-refractivity contribution is -0.384. The highest BCUT2D eigenvalue weighted by Gasteiger charge is 2.11. The second-order valence-electron chi connectivity index (χ2n) is 4.74. The van der Waals surface area contributed by atoms with E-state index >= 15 is 0 Å². The Bertz CT molecular complexity index is 597. The number of nitro groups is 1. The molecule has 0 saturated heterocycles. The number of non-ortho nitro benzene ring substituents is 1. The molecule has 0 bridgehead atoms. The molecule has 1 atom stereocenters. The zero-order valence-electron chi connectivity index (χ0n) is 12.1. The minimum absolute atomic E-state index is 0.129. The Kier molecular flexibility index (Phi) is 5.36. The molecule has 0 radical (unpaired) electrons. The highest BCUT2D eigenvalue weighted by atomic mass is 32.2. The van der Waals surface area contributed by atoms with E-state index in [0.717, 1.165) is 12.0 Å². The van der Waals surface area contributed by atoms with E-state index in [1.54, 1.807) is 23.9 Å². The zero-order valence-corrected chi connectivity index (χ0v) is 12.9. The first-order valence-corrected chi connectivity index (χ1v) is 7.91. The first kappa shape index (κ1) is 15.5. The Labute approximate surface area is 128 Å². The maximum Gasteiger partial charge on any atom is 0.269 e. The Balaban J connectivity index is 2.12. The maximum atomic E-state index is 10.7. The van der Waals surface area contributed by atoms with Gasteiger partial charge < -0.3 is 5.32 Å². The average Bonchev–Trinajstić information content (AvgIpc) is 2.53. The van der Waals surface area contributed by atoms with E-state index in [0.29, 0.717) is 0 Å². The number of hydrogen-bond donors (Lipinski definition) is 1. The van der Waals surface area contributed by atoms with Crippen LogP contribution >= 0.6 is 11.8 Å². The predicted octanol–water partition coefficient (Wildman–Crippen LogP) is 3.82. The largest absolute Gasteiger partial charge is 0.313 e. The van der Waals surface area contributed by atoms with Crippen molar-refractivity contribution >= 4 is 17.4 Å². The lowest BCUT2D eigenvalue weighted by Crippen LogP contribution is -2.18. The van der Waals surface area contributed by atoms with Gasteiger partial charge in [0.05, 0.1) is 4.92 Å². The summed E-state index contributed by atoms with van der Waals surface area (Å²) < 4.78 is 0. The van der Waals surface area contributed by atoms with Gasteiger partial charge in [0.15, 0.2) is 0 Å². The van der Waals surface area contributed by atoms with Crippen molar-refractivity contribution in [2.24, 2.45) is 0 Å². The molecule has 2 aromatic rings. The van der Waals surface area contributed by atoms with Crippen molar-refractivity contribution < 1.29 is 4.92 Å². The Morgan fingerprint density at radius 1 is 1.14 bits per heavy atom. The molecule has 21 heavy (non-hydrogen) atoms. The lowest BCUT2D eigenvalue weighted by Gasteiger charge is -2.17. The van der Waals surface area contributed by atoms with Crippen molar-refractivity contribution in [3.05, 3.63) is 69.8 Å². The Hall–Kier alpha value is -1.85. The molecule has 2 rings (SSSR count). The molecule has 1 unspecified atom stereocenters. The Morgan fingerprint density at radius 3 is 2.24 bits per heavy atom. The number of hydrogen-bond acceptors (Lipinski definition) is 4. The molecule has 5 heteroatoms. The number of rotatable bonds is 6. The van der Waals surface area contributed by atoms with Crippen molar-refractivity contribution in [3.63, 3.8) is 0 Å². The lowest BCUT2D eigenvalue weighted by atomic mass is 9.99. The third kappa shape index (κ3) is 4.06. The van der Waals surface area contributed by atoms with Crippen LogP contribution < -0.4 is 5.32 Å². The van der Waals surface area contributed by atoms with Gasteiger partial charge in [-0.25, -0.2) is 0 Å². The molecule has 0 aliphatic carbocycles. The standard InChI is InChI=1S/C16H18N2O2S/c1-17-16(13-5-9-15(21-2)10-6-13)11-12-3-7-14(8-4-12)18(19)20/h3-10,16-17H,11H2,1-2H3. The molecule has 0 saturated carbocycles. The summed E-state index contributed by atoms with van der Waals surface area (Å²) in [5.74, 6) is 0. The number of likely N-dealkylation sites (N-methyl/N-ethyl adjacent to an activating group) is 1. The fraction of sp³-hybridized carbons (Fsp3) is 0.250. The molecule has 1 N–H and O–H groups in total. The normalized spacial score (nSPS) is 12.1. The summed E-state index contributed by atoms with van der Waals surface area (Å²) in [5, 5.41) is 14.0. The highest BCUT2D eigenvalue weighted by molar-refractivity contribution is 7.98. The quantitative estimate of drug-likeness (QED) is 0.501. The van der Waals surface area contributed by atoms with Crippen molar-refractivity contribution in [1.29, 1.82) is 0 Å². The Morgan fingerprint density at radius 2 is 1.76 bits per heavy atom. The summed E-state index contributed by atoms with van der Waals surface area (Å²) in [6, 6.07) is 15.4. The molecule has 0 spiro atoms. The summed E-state index contributed by atoms with van der Waals surface area (Å²) in [6.45, 7) is 0. The van der Waals surface area contributed by atoms with E-state index in [-0.39, 0.29) is 16.7 Å². The van der Waals surface area contributed by atoms with E-state index in [2.05, 4.69) is 35.8 Å². The number of nitrogens with zero attached hydrogens (tertiary/aromatic N) is 1. The van der Waals surface area contributed by atoms with Crippen LogP contribution in [0.2, 0.25) is 0 Å². The van der Waals surface area contributed by atoms with Crippen molar-refractivity contribution in [1.82, 2.24) is 5.32 Å².